The van der Waals surface area contributed by atoms with Gasteiger partial charge in [0.1, 0.15) is 0 Å². The summed E-state index contributed by atoms with van der Waals surface area (Å²) in [6, 6.07) is 5.59. The molecule has 6 heteroatoms. The largest absolute Gasteiger partial charge is 0.481 e. The second-order valence-electron chi connectivity index (χ2n) is 4.15. The van der Waals surface area contributed by atoms with Crippen LogP contribution in [0.3, 0.4) is 0 Å². The maximum atomic E-state index is 10.9. The highest BCUT2D eigenvalue weighted by molar-refractivity contribution is 9.10. The van der Waals surface area contributed by atoms with Gasteiger partial charge in [-0.1, -0.05) is 0 Å². The number of benzene rings is 1. The quantitative estimate of drug-likeness (QED) is 0.740. The molecule has 1 aliphatic rings. The number of rotatable bonds is 4. The number of hydrogen-bond acceptors (Lipinski definition) is 4. The lowest BCUT2D eigenvalue weighted by atomic mass is 9.98. The topological polar surface area (TPSA) is 75.4 Å². The van der Waals surface area contributed by atoms with E-state index in [1.807, 2.05) is 18.2 Å². The maximum absolute atomic E-state index is 10.9. The van der Waals surface area contributed by atoms with Gasteiger partial charge in [0.05, 0.1) is 11.2 Å². The molecule has 1 saturated heterocycles. The van der Waals surface area contributed by atoms with Crippen LogP contribution >= 0.6 is 27.7 Å². The summed E-state index contributed by atoms with van der Waals surface area (Å²) < 4.78 is 0.684. The van der Waals surface area contributed by atoms with Crippen LogP contribution in [-0.2, 0) is 4.79 Å². The summed E-state index contributed by atoms with van der Waals surface area (Å²) in [5, 5.41) is 12.1. The van der Waals surface area contributed by atoms with E-state index in [0.717, 1.165) is 22.5 Å². The van der Waals surface area contributed by atoms with E-state index in [1.165, 1.54) is 0 Å². The van der Waals surface area contributed by atoms with Crippen LogP contribution in [-0.4, -0.2) is 28.9 Å². The smallest absolute Gasteiger partial charge is 0.304 e. The van der Waals surface area contributed by atoms with Gasteiger partial charge in [0.15, 0.2) is 0 Å². The molecule has 17 heavy (non-hydrogen) atoms. The Balaban J connectivity index is 2.15. The lowest BCUT2D eigenvalue weighted by Crippen LogP contribution is -2.57. The van der Waals surface area contributed by atoms with Crippen molar-refractivity contribution in [1.82, 2.24) is 5.32 Å². The summed E-state index contributed by atoms with van der Waals surface area (Å²) in [6.45, 7) is 1.45. The Morgan fingerprint density at radius 1 is 1.59 bits per heavy atom. The molecule has 4 nitrogen and oxygen atoms in total. The molecule has 0 spiro atoms. The highest BCUT2D eigenvalue weighted by Crippen LogP contribution is 2.42. The summed E-state index contributed by atoms with van der Waals surface area (Å²) in [5.41, 5.74) is 6.37. The highest BCUT2D eigenvalue weighted by Gasteiger charge is 2.40. The number of nitrogen functional groups attached to an aromatic ring is 1. The van der Waals surface area contributed by atoms with Gasteiger partial charge in [-0.3, -0.25) is 4.79 Å². The van der Waals surface area contributed by atoms with Crippen LogP contribution in [0.15, 0.2) is 27.6 Å². The Bertz CT molecular complexity index is 449. The molecule has 1 aliphatic heterocycles. The Kier molecular flexibility index (Phi) is 3.65. The van der Waals surface area contributed by atoms with Crippen LogP contribution < -0.4 is 11.1 Å². The van der Waals surface area contributed by atoms with Crippen molar-refractivity contribution in [1.29, 1.82) is 0 Å². The summed E-state index contributed by atoms with van der Waals surface area (Å²) in [6.07, 6.45) is 0.168. The first-order chi connectivity index (χ1) is 8.01. The summed E-state index contributed by atoms with van der Waals surface area (Å²) in [5.74, 6) is -0.759. The molecular weight excluding hydrogens is 304 g/mol. The number of carboxylic acid groups (broad SMARTS) is 1. The number of carbonyl (C=O) groups is 1. The van der Waals surface area contributed by atoms with Gasteiger partial charge in [-0.2, -0.15) is 0 Å². The molecule has 4 N–H and O–H groups in total. The minimum absolute atomic E-state index is 0.168. The Hall–Kier alpha value is -0.720. The van der Waals surface area contributed by atoms with Crippen LogP contribution in [0, 0.1) is 0 Å². The predicted molar refractivity (Wildman–Crippen MR) is 72.3 cm³/mol. The number of halogens is 1. The molecule has 0 radical (unpaired) electrons. The zero-order chi connectivity index (χ0) is 12.5. The van der Waals surface area contributed by atoms with E-state index in [4.69, 9.17) is 10.8 Å². The SMILES string of the molecule is Nc1ccc(SC2(CC(=O)O)CNC2)c(Br)c1. The molecule has 1 aromatic carbocycles. The van der Waals surface area contributed by atoms with Crippen LogP contribution in [0.5, 0.6) is 0 Å². The number of carboxylic acids is 1. The normalized spacial score (nSPS) is 17.5. The summed E-state index contributed by atoms with van der Waals surface area (Å²) in [4.78, 5) is 11.9. The van der Waals surface area contributed by atoms with E-state index in [-0.39, 0.29) is 11.2 Å². The Labute approximate surface area is 112 Å². The van der Waals surface area contributed by atoms with Gasteiger partial charge in [-0.15, -0.1) is 11.8 Å². The van der Waals surface area contributed by atoms with Crippen LogP contribution in [0.1, 0.15) is 6.42 Å². The van der Waals surface area contributed by atoms with Crippen molar-refractivity contribution < 1.29 is 9.90 Å². The van der Waals surface area contributed by atoms with Gasteiger partial charge in [0.25, 0.3) is 0 Å². The number of nitrogens with one attached hydrogen (secondary N) is 1. The van der Waals surface area contributed by atoms with Crippen molar-refractivity contribution >= 4 is 39.3 Å². The average Bonchev–Trinajstić information content (AvgIpc) is 2.18. The molecule has 1 heterocycles. The van der Waals surface area contributed by atoms with Gasteiger partial charge in [0.2, 0.25) is 0 Å². The minimum Gasteiger partial charge on any atom is -0.481 e. The molecule has 1 aromatic rings. The highest BCUT2D eigenvalue weighted by atomic mass is 79.9. The van der Waals surface area contributed by atoms with Crippen LogP contribution in [0.25, 0.3) is 0 Å². The van der Waals surface area contributed by atoms with Crippen molar-refractivity contribution in [2.45, 2.75) is 16.1 Å². The second kappa shape index (κ2) is 4.88. The molecule has 0 bridgehead atoms. The molecule has 0 unspecified atom stereocenters. The minimum atomic E-state index is -0.759. The third-order valence-electron chi connectivity index (χ3n) is 2.65. The number of aliphatic carboxylic acids is 1. The Morgan fingerprint density at radius 2 is 2.29 bits per heavy atom. The maximum Gasteiger partial charge on any atom is 0.304 e. The summed E-state index contributed by atoms with van der Waals surface area (Å²) in [7, 11) is 0. The second-order valence-corrected chi connectivity index (χ2v) is 6.51. The number of nitrogens with two attached hydrogens (primary N) is 1. The van der Waals surface area contributed by atoms with Gasteiger partial charge in [-0.05, 0) is 34.1 Å². The van der Waals surface area contributed by atoms with Crippen molar-refractivity contribution in [2.24, 2.45) is 0 Å². The fraction of sp³-hybridized carbons (Fsp3) is 0.364. The van der Waals surface area contributed by atoms with Gasteiger partial charge >= 0.3 is 5.97 Å². The van der Waals surface area contributed by atoms with E-state index in [1.54, 1.807) is 11.8 Å². The van der Waals surface area contributed by atoms with E-state index in [9.17, 15) is 4.79 Å². The van der Waals surface area contributed by atoms with Crippen molar-refractivity contribution in [3.8, 4) is 0 Å². The molecule has 92 valence electrons. The first-order valence-electron chi connectivity index (χ1n) is 5.17. The third-order valence-corrected chi connectivity index (χ3v) is 5.01. The molecule has 0 atom stereocenters. The van der Waals surface area contributed by atoms with E-state index in [0.29, 0.717) is 5.69 Å². The summed E-state index contributed by atoms with van der Waals surface area (Å²) >= 11 is 5.05. The third kappa shape index (κ3) is 2.94. The zero-order valence-corrected chi connectivity index (χ0v) is 11.5. The average molecular weight is 317 g/mol. The molecule has 0 amide bonds. The molecule has 0 saturated carbocycles. The van der Waals surface area contributed by atoms with Gasteiger partial charge < -0.3 is 16.2 Å². The Morgan fingerprint density at radius 3 is 2.76 bits per heavy atom. The molecule has 0 aliphatic carbocycles. The van der Waals surface area contributed by atoms with Gasteiger partial charge in [-0.25, -0.2) is 0 Å². The number of thioether (sulfide) groups is 1. The molecule has 2 rings (SSSR count). The molecular formula is C11H13BrN2O2S. The standard InChI is InChI=1S/C11H13BrN2O2S/c12-8-3-7(13)1-2-9(8)17-11(4-10(15)16)5-14-6-11/h1-3,14H,4-6,13H2,(H,15,16). The first-order valence-corrected chi connectivity index (χ1v) is 6.78. The van der Waals surface area contributed by atoms with E-state index >= 15 is 0 Å². The van der Waals surface area contributed by atoms with Crippen molar-refractivity contribution in [3.05, 3.63) is 22.7 Å². The van der Waals surface area contributed by atoms with E-state index < -0.39 is 5.97 Å². The first kappa shape index (κ1) is 12.7. The fourth-order valence-corrected chi connectivity index (χ4v) is 3.69. The molecule has 1 fully saturated rings. The van der Waals surface area contributed by atoms with Crippen molar-refractivity contribution in [3.63, 3.8) is 0 Å². The molecule has 0 aromatic heterocycles. The van der Waals surface area contributed by atoms with Crippen molar-refractivity contribution in [2.75, 3.05) is 18.8 Å². The van der Waals surface area contributed by atoms with Gasteiger partial charge in [0, 0.05) is 28.1 Å². The lowest BCUT2D eigenvalue weighted by Gasteiger charge is -2.41. The number of hydrogen-bond donors (Lipinski definition) is 3. The van der Waals surface area contributed by atoms with E-state index in [2.05, 4.69) is 21.2 Å². The predicted octanol–water partition coefficient (Wildman–Crippen LogP) is 1.94. The zero-order valence-electron chi connectivity index (χ0n) is 9.07. The van der Waals surface area contributed by atoms with Crippen LogP contribution in [0.2, 0.25) is 0 Å². The lowest BCUT2D eigenvalue weighted by molar-refractivity contribution is -0.138. The fourth-order valence-electron chi connectivity index (χ4n) is 1.75. The number of anilines is 1. The monoisotopic (exact) mass is 316 g/mol. The van der Waals surface area contributed by atoms with Crippen LogP contribution in [0.4, 0.5) is 5.69 Å².